The zero-order valence-electron chi connectivity index (χ0n) is 36.1. The number of carbonyl (C=O) groups is 6. The van der Waals surface area contributed by atoms with E-state index in [0.717, 1.165) is 22.3 Å². The number of phenols is 2. The van der Waals surface area contributed by atoms with Gasteiger partial charge in [0.05, 0.1) is 42.0 Å². The fourth-order valence-corrected chi connectivity index (χ4v) is 9.58. The molecule has 0 spiro atoms. The predicted octanol–water partition coefficient (Wildman–Crippen LogP) is 5.17. The number of hydrogen-bond acceptors (Lipinski definition) is 15. The third kappa shape index (κ3) is 8.62. The number of aliphatic hydroxyl groups is 2. The summed E-state index contributed by atoms with van der Waals surface area (Å²) in [6.45, 7) is 0.605. The van der Waals surface area contributed by atoms with Gasteiger partial charge in [-0.2, -0.15) is 0 Å². The molecule has 0 radical (unpaired) electrons. The Morgan fingerprint density at radius 2 is 1.47 bits per heavy atom. The molecule has 1 saturated heterocycles. The Kier molecular flexibility index (Phi) is 13.0. The lowest BCUT2D eigenvalue weighted by atomic mass is 9.72. The number of ketones is 3. The van der Waals surface area contributed by atoms with E-state index < -0.39 is 114 Å². The highest BCUT2D eigenvalue weighted by atomic mass is 16.7. The Bertz CT molecular complexity index is 2580. The molecule has 0 bridgehead atoms. The number of carboxylic acid groups (broad SMARTS) is 1. The minimum atomic E-state index is -2.46. The standard InChI is InChI=1S/C49H49NO16/c1-24-43(55)32(50-48(60)64-22-31-27-13-8-6-11-25(27)26-12-7-9-14-28(26)31)19-38(65-24)66-34-21-49(61,35(51)23-63-37(54)18-5-3-4-17-36(52)53)20-30-40(34)47(59)42-41(45(30)57)44(56)29-15-10-16-33(62-2)39(29)46(42)58/h6-16,24,31-32,34,38,43,55,57,59,61H,3-5,17-23H2,1-2H3,(H,50,60)(H,52,53)/t24-,32-,34-,38-,43+,49-/m0/s1. The van der Waals surface area contributed by atoms with Crippen LogP contribution < -0.4 is 10.1 Å². The molecule has 0 aromatic heterocycles. The van der Waals surface area contributed by atoms with E-state index >= 15 is 0 Å². The first-order valence-corrected chi connectivity index (χ1v) is 21.7. The molecule has 17 heteroatoms. The SMILES string of the molecule is COc1cccc2c1C(=O)c1c(O)c3c(c(O)c1C2=O)C[C@@](O)(C(=O)COC(=O)CCCCCC(=O)O)C[C@@H]3O[C@H]1C[C@H](NC(=O)OCC2c3ccccc3-c3ccccc32)[C@H](O)[C@H](C)O1. The van der Waals surface area contributed by atoms with E-state index in [0.29, 0.717) is 19.3 Å². The van der Waals surface area contributed by atoms with Crippen molar-refractivity contribution in [1.82, 2.24) is 5.32 Å². The van der Waals surface area contributed by atoms with Crippen LogP contribution in [-0.4, -0.2) is 111 Å². The molecular formula is C49H49NO16. The quantitative estimate of drug-likeness (QED) is 0.0450. The topological polar surface area (TPSA) is 262 Å². The fourth-order valence-electron chi connectivity index (χ4n) is 9.58. The molecule has 0 unspecified atom stereocenters. The van der Waals surface area contributed by atoms with Gasteiger partial charge >= 0.3 is 18.0 Å². The number of aliphatic carboxylic acids is 1. The molecule has 6 N–H and O–H groups in total. The molecule has 1 fully saturated rings. The molecule has 1 amide bonds. The van der Waals surface area contributed by atoms with Crippen LogP contribution in [0.1, 0.15) is 118 Å². The predicted molar refractivity (Wildman–Crippen MR) is 230 cm³/mol. The number of esters is 1. The maximum Gasteiger partial charge on any atom is 0.407 e. The Hall–Kier alpha value is -6.66. The number of hydrogen-bond donors (Lipinski definition) is 6. The van der Waals surface area contributed by atoms with Crippen LogP contribution in [0.4, 0.5) is 4.79 Å². The van der Waals surface area contributed by atoms with Crippen LogP contribution in [0.15, 0.2) is 66.7 Å². The number of aromatic hydroxyl groups is 2. The number of carboxylic acids is 1. The highest BCUT2D eigenvalue weighted by Crippen LogP contribution is 2.53. The van der Waals surface area contributed by atoms with Crippen LogP contribution in [-0.2, 0) is 39.8 Å². The molecule has 66 heavy (non-hydrogen) atoms. The number of carbonyl (C=O) groups excluding carboxylic acids is 5. The summed E-state index contributed by atoms with van der Waals surface area (Å²) >= 11 is 0. The number of phenolic OH excluding ortho intramolecular Hbond substituents is 2. The molecule has 17 nitrogen and oxygen atoms in total. The molecule has 4 aromatic rings. The van der Waals surface area contributed by atoms with Crippen LogP contribution >= 0.6 is 0 Å². The van der Waals surface area contributed by atoms with Gasteiger partial charge in [-0.25, -0.2) is 4.79 Å². The van der Waals surface area contributed by atoms with Crippen molar-refractivity contribution in [3.63, 3.8) is 0 Å². The number of fused-ring (bicyclic) bond motifs is 6. The Balaban J connectivity index is 1.04. The minimum Gasteiger partial charge on any atom is -0.507 e. The van der Waals surface area contributed by atoms with Gasteiger partial charge in [0.1, 0.15) is 35.6 Å². The number of unbranched alkanes of at least 4 members (excludes halogenated alkanes) is 2. The monoisotopic (exact) mass is 907 g/mol. The van der Waals surface area contributed by atoms with Crippen molar-refractivity contribution in [2.75, 3.05) is 20.3 Å². The van der Waals surface area contributed by atoms with Crippen LogP contribution in [0, 0.1) is 0 Å². The second-order valence-electron chi connectivity index (χ2n) is 17.0. The number of methoxy groups -OCH3 is 1. The summed E-state index contributed by atoms with van der Waals surface area (Å²) in [7, 11) is 1.30. The number of rotatable bonds is 15. The molecule has 6 atom stereocenters. The van der Waals surface area contributed by atoms with E-state index in [4.69, 9.17) is 28.8 Å². The lowest BCUT2D eigenvalue weighted by Gasteiger charge is -2.42. The maximum absolute atomic E-state index is 14.2. The Morgan fingerprint density at radius 1 is 0.818 bits per heavy atom. The molecule has 4 aromatic carbocycles. The number of alkyl carbamates (subject to hydrolysis) is 1. The summed E-state index contributed by atoms with van der Waals surface area (Å²) in [5, 5.41) is 58.8. The van der Waals surface area contributed by atoms with Crippen LogP contribution in [0.3, 0.4) is 0 Å². The summed E-state index contributed by atoms with van der Waals surface area (Å²) in [5.74, 6) is -6.23. The molecular weight excluding hydrogens is 859 g/mol. The van der Waals surface area contributed by atoms with E-state index in [1.54, 1.807) is 0 Å². The highest BCUT2D eigenvalue weighted by molar-refractivity contribution is 6.31. The summed E-state index contributed by atoms with van der Waals surface area (Å²) in [5.41, 5.74) is -0.317. The maximum atomic E-state index is 14.2. The number of benzene rings is 4. The highest BCUT2D eigenvalue weighted by Gasteiger charge is 2.51. The van der Waals surface area contributed by atoms with Gasteiger partial charge < -0.3 is 54.5 Å². The van der Waals surface area contributed by atoms with Crippen molar-refractivity contribution < 1.29 is 78.0 Å². The third-order valence-electron chi connectivity index (χ3n) is 12.9. The van der Waals surface area contributed by atoms with Gasteiger partial charge in [0.25, 0.3) is 0 Å². The average Bonchev–Trinajstić information content (AvgIpc) is 3.62. The van der Waals surface area contributed by atoms with Gasteiger partial charge in [-0.3, -0.25) is 24.0 Å². The summed E-state index contributed by atoms with van der Waals surface area (Å²) in [6.07, 6.45) is -6.69. The smallest absolute Gasteiger partial charge is 0.407 e. The Morgan fingerprint density at radius 3 is 2.15 bits per heavy atom. The molecule has 3 aliphatic carbocycles. The summed E-state index contributed by atoms with van der Waals surface area (Å²) < 4.78 is 28.7. The fraction of sp³-hybridized carbons (Fsp3) is 0.388. The lowest BCUT2D eigenvalue weighted by Crippen LogP contribution is -2.56. The van der Waals surface area contributed by atoms with E-state index in [9.17, 15) is 49.2 Å². The largest absolute Gasteiger partial charge is 0.507 e. The van der Waals surface area contributed by atoms with E-state index in [1.165, 1.54) is 32.2 Å². The molecule has 0 saturated carbocycles. The van der Waals surface area contributed by atoms with Crippen molar-refractivity contribution in [1.29, 1.82) is 0 Å². The molecule has 1 aliphatic heterocycles. The third-order valence-corrected chi connectivity index (χ3v) is 12.9. The molecule has 4 aliphatic rings. The first kappa shape index (κ1) is 45.9. The average molecular weight is 908 g/mol. The normalized spacial score (nSPS) is 22.8. The van der Waals surface area contributed by atoms with E-state index in [1.807, 2.05) is 48.5 Å². The van der Waals surface area contributed by atoms with Gasteiger partial charge in [0, 0.05) is 54.7 Å². The van der Waals surface area contributed by atoms with Crippen molar-refractivity contribution in [2.45, 2.75) is 100 Å². The van der Waals surface area contributed by atoms with Gasteiger partial charge in [-0.05, 0) is 48.1 Å². The molecule has 346 valence electrons. The first-order valence-electron chi connectivity index (χ1n) is 21.7. The number of amides is 1. The van der Waals surface area contributed by atoms with Gasteiger partial charge in [0.2, 0.25) is 11.6 Å². The summed E-state index contributed by atoms with van der Waals surface area (Å²) in [6, 6.07) is 18.9. The second kappa shape index (κ2) is 18.7. The number of Topliss-reactive ketones (excluding diaryl/α,β-unsaturated/α-hetero) is 1. The van der Waals surface area contributed by atoms with Crippen molar-refractivity contribution in [3.8, 4) is 28.4 Å². The molecule has 8 rings (SSSR count). The van der Waals surface area contributed by atoms with Gasteiger partial charge in [-0.15, -0.1) is 0 Å². The van der Waals surface area contributed by atoms with Crippen LogP contribution in [0.25, 0.3) is 11.1 Å². The van der Waals surface area contributed by atoms with E-state index in [2.05, 4.69) is 5.32 Å². The zero-order chi connectivity index (χ0) is 47.0. The van der Waals surface area contributed by atoms with E-state index in [-0.39, 0.29) is 59.8 Å². The van der Waals surface area contributed by atoms with Crippen LogP contribution in [0.5, 0.6) is 17.2 Å². The van der Waals surface area contributed by atoms with Crippen molar-refractivity contribution in [2.24, 2.45) is 0 Å². The second-order valence-corrected chi connectivity index (χ2v) is 17.0. The zero-order valence-corrected chi connectivity index (χ0v) is 36.1. The minimum absolute atomic E-state index is 0.00705. The Labute approximate surface area is 378 Å². The summed E-state index contributed by atoms with van der Waals surface area (Å²) in [4.78, 5) is 78.9. The lowest BCUT2D eigenvalue weighted by molar-refractivity contribution is -0.249. The number of nitrogens with one attached hydrogen (secondary N) is 1. The van der Waals surface area contributed by atoms with Crippen LogP contribution in [0.2, 0.25) is 0 Å². The first-order chi connectivity index (χ1) is 31.6. The van der Waals surface area contributed by atoms with Crippen molar-refractivity contribution in [3.05, 3.63) is 111 Å². The number of ether oxygens (including phenoxy) is 5. The molecule has 1 heterocycles. The van der Waals surface area contributed by atoms with Gasteiger partial charge in [0.15, 0.2) is 18.7 Å². The number of aliphatic hydroxyl groups excluding tert-OH is 1. The van der Waals surface area contributed by atoms with Gasteiger partial charge in [-0.1, -0.05) is 67.1 Å². The van der Waals surface area contributed by atoms with Crippen molar-refractivity contribution >= 4 is 35.4 Å².